The van der Waals surface area contributed by atoms with E-state index in [2.05, 4.69) is 10.3 Å². The molecule has 2 aromatic rings. The third-order valence-electron chi connectivity index (χ3n) is 3.91. The van der Waals surface area contributed by atoms with Crippen molar-refractivity contribution in [1.29, 1.82) is 0 Å². The van der Waals surface area contributed by atoms with Gasteiger partial charge in [0.15, 0.2) is 0 Å². The van der Waals surface area contributed by atoms with Crippen LogP contribution in [0.5, 0.6) is 0 Å². The zero-order valence-electron chi connectivity index (χ0n) is 15.6. The summed E-state index contributed by atoms with van der Waals surface area (Å²) in [7, 11) is 0. The Morgan fingerprint density at radius 2 is 1.82 bits per heavy atom. The van der Waals surface area contributed by atoms with Crippen LogP contribution in [-0.4, -0.2) is 34.6 Å². The number of aromatic carboxylic acids is 1. The lowest BCUT2D eigenvalue weighted by molar-refractivity contribution is 0.0686. The molecule has 0 unspecified atom stereocenters. The predicted octanol–water partition coefficient (Wildman–Crippen LogP) is 4.59. The number of benzene rings is 1. The van der Waals surface area contributed by atoms with E-state index >= 15 is 0 Å². The molecule has 0 bridgehead atoms. The molecule has 1 heterocycles. The smallest absolute Gasteiger partial charge is 0.341 e. The van der Waals surface area contributed by atoms with Crippen LogP contribution in [0.4, 0.5) is 20.3 Å². The molecule has 0 saturated carbocycles. The normalized spacial score (nSPS) is 10.8. The van der Waals surface area contributed by atoms with Gasteiger partial charge in [0.2, 0.25) is 0 Å². The van der Waals surface area contributed by atoms with Gasteiger partial charge in [-0.3, -0.25) is 4.79 Å². The van der Waals surface area contributed by atoms with Crippen molar-refractivity contribution >= 4 is 35.0 Å². The summed E-state index contributed by atoms with van der Waals surface area (Å²) in [6.07, 6.45) is 0.863. The largest absolute Gasteiger partial charge is 0.477 e. The van der Waals surface area contributed by atoms with Crippen molar-refractivity contribution in [2.24, 2.45) is 0 Å². The maximum atomic E-state index is 13.8. The number of anilines is 2. The summed E-state index contributed by atoms with van der Waals surface area (Å²) in [5, 5.41) is 11.4. The van der Waals surface area contributed by atoms with E-state index in [9.17, 15) is 18.4 Å². The summed E-state index contributed by atoms with van der Waals surface area (Å²) in [5.74, 6) is -4.55. The number of hydrogen-bond acceptors (Lipinski definition) is 4. The molecule has 0 aliphatic rings. The van der Waals surface area contributed by atoms with Gasteiger partial charge in [-0.15, -0.1) is 0 Å². The van der Waals surface area contributed by atoms with Gasteiger partial charge in [-0.2, -0.15) is 0 Å². The van der Waals surface area contributed by atoms with E-state index in [0.717, 1.165) is 18.6 Å². The lowest BCUT2D eigenvalue weighted by Gasteiger charge is -2.27. The predicted molar refractivity (Wildman–Crippen MR) is 103 cm³/mol. The number of carboxylic acid groups (broad SMARTS) is 1. The van der Waals surface area contributed by atoms with Crippen LogP contribution in [0, 0.1) is 11.6 Å². The topological polar surface area (TPSA) is 82.5 Å². The number of nitrogens with one attached hydrogen (secondary N) is 1. The Kier molecular flexibility index (Phi) is 6.90. The van der Waals surface area contributed by atoms with Crippen LogP contribution in [0.15, 0.2) is 24.3 Å². The van der Waals surface area contributed by atoms with Crippen LogP contribution in [0.3, 0.4) is 0 Å². The highest BCUT2D eigenvalue weighted by Crippen LogP contribution is 2.23. The minimum Gasteiger partial charge on any atom is -0.477 e. The van der Waals surface area contributed by atoms with Crippen LogP contribution in [0.2, 0.25) is 5.02 Å². The van der Waals surface area contributed by atoms with Crippen LogP contribution in [-0.2, 0) is 0 Å². The standard InChI is InChI=1S/C19H20ClF2N3O3/c1-4-5-25(10(2)3)16-7-11(20)6-15(24-16)18(26)23-12-8-13(21)17(19(27)28)14(22)9-12/h6-10H,4-5H2,1-3H3,(H,23,26)(H,27,28). The molecule has 9 heteroatoms. The zero-order chi connectivity index (χ0) is 21.0. The number of carboxylic acids is 1. The van der Waals surface area contributed by atoms with E-state index in [1.54, 1.807) is 6.07 Å². The van der Waals surface area contributed by atoms with Crippen molar-refractivity contribution in [3.8, 4) is 0 Å². The molecule has 2 N–H and O–H groups in total. The third kappa shape index (κ3) is 4.95. The number of amides is 1. The van der Waals surface area contributed by atoms with E-state index in [1.165, 1.54) is 6.07 Å². The van der Waals surface area contributed by atoms with Gasteiger partial charge in [0, 0.05) is 23.3 Å². The maximum Gasteiger partial charge on any atom is 0.341 e. The Labute approximate surface area is 166 Å². The van der Waals surface area contributed by atoms with Gasteiger partial charge in [0.1, 0.15) is 28.7 Å². The van der Waals surface area contributed by atoms with Gasteiger partial charge < -0.3 is 15.3 Å². The highest BCUT2D eigenvalue weighted by molar-refractivity contribution is 6.31. The molecule has 0 atom stereocenters. The van der Waals surface area contributed by atoms with Gasteiger partial charge in [-0.05, 0) is 44.5 Å². The fourth-order valence-corrected chi connectivity index (χ4v) is 2.87. The lowest BCUT2D eigenvalue weighted by atomic mass is 10.1. The van der Waals surface area contributed by atoms with Crippen molar-refractivity contribution in [3.63, 3.8) is 0 Å². The van der Waals surface area contributed by atoms with Gasteiger partial charge in [-0.25, -0.2) is 18.6 Å². The number of hydrogen-bond donors (Lipinski definition) is 2. The molecule has 0 aliphatic carbocycles. The quantitative estimate of drug-likeness (QED) is 0.696. The molecule has 0 fully saturated rings. The maximum absolute atomic E-state index is 13.8. The van der Waals surface area contributed by atoms with Crippen LogP contribution >= 0.6 is 11.6 Å². The van der Waals surface area contributed by atoms with Crippen LogP contribution in [0.1, 0.15) is 48.0 Å². The highest BCUT2D eigenvalue weighted by Gasteiger charge is 2.20. The monoisotopic (exact) mass is 411 g/mol. The molecule has 0 radical (unpaired) electrons. The van der Waals surface area contributed by atoms with Crippen LogP contribution < -0.4 is 10.2 Å². The Hall–Kier alpha value is -2.74. The van der Waals surface area contributed by atoms with Gasteiger partial charge in [0.25, 0.3) is 5.91 Å². The molecule has 150 valence electrons. The Morgan fingerprint density at radius 3 is 2.32 bits per heavy atom. The molecule has 0 saturated heterocycles. The minimum absolute atomic E-state index is 0.0348. The van der Waals surface area contributed by atoms with E-state index in [-0.39, 0.29) is 22.4 Å². The SMILES string of the molecule is CCCN(c1cc(Cl)cc(C(=O)Nc2cc(F)c(C(=O)O)c(F)c2)n1)C(C)C. The molecule has 28 heavy (non-hydrogen) atoms. The van der Waals surface area contributed by atoms with E-state index in [4.69, 9.17) is 16.7 Å². The van der Waals surface area contributed by atoms with Crippen molar-refractivity contribution in [1.82, 2.24) is 4.98 Å². The number of carbonyl (C=O) groups is 2. The Bertz CT molecular complexity index is 883. The highest BCUT2D eigenvalue weighted by atomic mass is 35.5. The molecule has 6 nitrogen and oxygen atoms in total. The summed E-state index contributed by atoms with van der Waals surface area (Å²) in [6, 6.07) is 4.55. The minimum atomic E-state index is -1.74. The van der Waals surface area contributed by atoms with Crippen molar-refractivity contribution in [3.05, 3.63) is 52.2 Å². The Balaban J connectivity index is 2.33. The van der Waals surface area contributed by atoms with Crippen molar-refractivity contribution in [2.45, 2.75) is 33.2 Å². The molecule has 0 aliphatic heterocycles. The number of nitrogens with zero attached hydrogens (tertiary/aromatic N) is 2. The molecule has 0 spiro atoms. The molecular formula is C19H20ClF2N3O3. The van der Waals surface area contributed by atoms with E-state index in [1.807, 2.05) is 25.7 Å². The van der Waals surface area contributed by atoms with E-state index in [0.29, 0.717) is 12.4 Å². The second-order valence-electron chi connectivity index (χ2n) is 6.39. The number of rotatable bonds is 7. The number of aromatic nitrogens is 1. The first kappa shape index (κ1) is 21.6. The van der Waals surface area contributed by atoms with Crippen molar-refractivity contribution in [2.75, 3.05) is 16.8 Å². The Morgan fingerprint density at radius 1 is 1.21 bits per heavy atom. The summed E-state index contributed by atoms with van der Waals surface area (Å²) >= 11 is 6.12. The first-order valence-electron chi connectivity index (χ1n) is 8.62. The molecule has 2 rings (SSSR count). The molecule has 1 aromatic heterocycles. The molecule has 1 aromatic carbocycles. The van der Waals surface area contributed by atoms with E-state index < -0.39 is 29.1 Å². The number of pyridine rings is 1. The molecular weight excluding hydrogens is 392 g/mol. The summed E-state index contributed by atoms with van der Waals surface area (Å²) in [6.45, 7) is 6.68. The second-order valence-corrected chi connectivity index (χ2v) is 6.83. The van der Waals surface area contributed by atoms with Gasteiger partial charge in [0.05, 0.1) is 0 Å². The summed E-state index contributed by atoms with van der Waals surface area (Å²) in [5.41, 5.74) is -1.36. The number of halogens is 3. The fourth-order valence-electron chi connectivity index (χ4n) is 2.67. The fraction of sp³-hybridized carbons (Fsp3) is 0.316. The molecule has 1 amide bonds. The summed E-state index contributed by atoms with van der Waals surface area (Å²) < 4.78 is 27.6. The number of carbonyl (C=O) groups excluding carboxylic acids is 1. The third-order valence-corrected chi connectivity index (χ3v) is 4.12. The second kappa shape index (κ2) is 8.97. The summed E-state index contributed by atoms with van der Waals surface area (Å²) in [4.78, 5) is 29.6. The first-order valence-corrected chi connectivity index (χ1v) is 8.99. The zero-order valence-corrected chi connectivity index (χ0v) is 16.3. The average Bonchev–Trinajstić information content (AvgIpc) is 2.57. The average molecular weight is 412 g/mol. The lowest BCUT2D eigenvalue weighted by Crippen LogP contribution is -2.32. The van der Waals surface area contributed by atoms with Crippen LogP contribution in [0.25, 0.3) is 0 Å². The van der Waals surface area contributed by atoms with Gasteiger partial charge in [-0.1, -0.05) is 18.5 Å². The van der Waals surface area contributed by atoms with Gasteiger partial charge >= 0.3 is 5.97 Å². The first-order chi connectivity index (χ1) is 13.1. The van der Waals surface area contributed by atoms with Crippen molar-refractivity contribution < 1.29 is 23.5 Å².